The van der Waals surface area contributed by atoms with Gasteiger partial charge in [-0.05, 0) is 24.3 Å². The lowest BCUT2D eigenvalue weighted by Crippen LogP contribution is -2.00. The van der Waals surface area contributed by atoms with Gasteiger partial charge in [0.1, 0.15) is 11.5 Å². The molecule has 0 saturated heterocycles. The fourth-order valence-corrected chi connectivity index (χ4v) is 2.24. The van der Waals surface area contributed by atoms with E-state index in [2.05, 4.69) is 0 Å². The molecule has 0 aliphatic carbocycles. The summed E-state index contributed by atoms with van der Waals surface area (Å²) >= 11 is 7.75. The van der Waals surface area contributed by atoms with Crippen molar-refractivity contribution in [2.75, 3.05) is 12.4 Å². The summed E-state index contributed by atoms with van der Waals surface area (Å²) in [5, 5.41) is 0.656. The van der Waals surface area contributed by atoms with Crippen LogP contribution in [0.2, 0.25) is 5.02 Å². The van der Waals surface area contributed by atoms with Crippen molar-refractivity contribution in [3.05, 3.63) is 53.4 Å². The molecule has 0 unspecified atom stereocenters. The fourth-order valence-electron chi connectivity index (χ4n) is 1.34. The number of hydrogen-bond acceptors (Lipinski definition) is 3. The van der Waals surface area contributed by atoms with Gasteiger partial charge >= 0.3 is 0 Å². The molecule has 17 heavy (non-hydrogen) atoms. The summed E-state index contributed by atoms with van der Waals surface area (Å²) in [6.07, 6.45) is 1.69. The summed E-state index contributed by atoms with van der Waals surface area (Å²) in [6.45, 7) is 0.648. The third kappa shape index (κ3) is 4.02. The number of benzene rings is 1. The SMILES string of the molecule is Clc1ccccc1OCCSCc1ccco1. The highest BCUT2D eigenvalue weighted by atomic mass is 35.5. The average molecular weight is 269 g/mol. The summed E-state index contributed by atoms with van der Waals surface area (Å²) in [5.41, 5.74) is 0. The molecule has 1 heterocycles. The minimum absolute atomic E-state index is 0.648. The van der Waals surface area contributed by atoms with E-state index in [0.29, 0.717) is 11.6 Å². The number of para-hydroxylation sites is 1. The van der Waals surface area contributed by atoms with E-state index in [9.17, 15) is 0 Å². The Hall–Kier alpha value is -1.06. The minimum Gasteiger partial charge on any atom is -0.491 e. The van der Waals surface area contributed by atoms with Crippen molar-refractivity contribution in [1.82, 2.24) is 0 Å². The third-order valence-electron chi connectivity index (χ3n) is 2.15. The molecule has 0 aliphatic rings. The van der Waals surface area contributed by atoms with E-state index in [1.807, 2.05) is 36.4 Å². The van der Waals surface area contributed by atoms with Gasteiger partial charge in [-0.1, -0.05) is 23.7 Å². The predicted octanol–water partition coefficient (Wildman–Crippen LogP) is 4.25. The number of thioether (sulfide) groups is 1. The zero-order chi connectivity index (χ0) is 11.9. The molecule has 4 heteroatoms. The molecule has 2 aromatic rings. The van der Waals surface area contributed by atoms with Gasteiger partial charge in [-0.25, -0.2) is 0 Å². The van der Waals surface area contributed by atoms with Crippen LogP contribution < -0.4 is 4.74 Å². The van der Waals surface area contributed by atoms with Crippen molar-refractivity contribution < 1.29 is 9.15 Å². The van der Waals surface area contributed by atoms with E-state index in [1.165, 1.54) is 0 Å². The maximum Gasteiger partial charge on any atom is 0.137 e. The second kappa shape index (κ2) is 6.62. The topological polar surface area (TPSA) is 22.4 Å². The van der Waals surface area contributed by atoms with Gasteiger partial charge < -0.3 is 9.15 Å². The number of hydrogen-bond donors (Lipinski definition) is 0. The first-order valence-electron chi connectivity index (χ1n) is 5.34. The van der Waals surface area contributed by atoms with Crippen molar-refractivity contribution in [3.8, 4) is 5.75 Å². The van der Waals surface area contributed by atoms with Gasteiger partial charge in [-0.15, -0.1) is 0 Å². The highest BCUT2D eigenvalue weighted by molar-refractivity contribution is 7.98. The first-order valence-corrected chi connectivity index (χ1v) is 6.87. The molecule has 0 aliphatic heterocycles. The molecule has 0 saturated carbocycles. The molecule has 1 aromatic carbocycles. The Morgan fingerprint density at radius 3 is 2.82 bits per heavy atom. The first-order chi connectivity index (χ1) is 8.36. The van der Waals surface area contributed by atoms with E-state index in [0.717, 1.165) is 23.0 Å². The average Bonchev–Trinajstić information content (AvgIpc) is 2.84. The van der Waals surface area contributed by atoms with E-state index < -0.39 is 0 Å². The second-order valence-electron chi connectivity index (χ2n) is 3.41. The van der Waals surface area contributed by atoms with Crippen LogP contribution in [0.3, 0.4) is 0 Å². The molecule has 1 aromatic heterocycles. The molecule has 0 fully saturated rings. The van der Waals surface area contributed by atoms with Crippen LogP contribution >= 0.6 is 23.4 Å². The predicted molar refractivity (Wildman–Crippen MR) is 71.8 cm³/mol. The minimum atomic E-state index is 0.648. The van der Waals surface area contributed by atoms with Crippen molar-refractivity contribution >= 4 is 23.4 Å². The third-order valence-corrected chi connectivity index (χ3v) is 3.40. The highest BCUT2D eigenvalue weighted by Crippen LogP contribution is 2.23. The first kappa shape index (κ1) is 12.4. The van der Waals surface area contributed by atoms with Crippen molar-refractivity contribution in [2.24, 2.45) is 0 Å². The van der Waals surface area contributed by atoms with E-state index >= 15 is 0 Å². The summed E-state index contributed by atoms with van der Waals surface area (Å²) < 4.78 is 10.8. The smallest absolute Gasteiger partial charge is 0.137 e. The van der Waals surface area contributed by atoms with Gasteiger partial charge in [0.25, 0.3) is 0 Å². The maximum atomic E-state index is 5.97. The largest absolute Gasteiger partial charge is 0.491 e. The van der Waals surface area contributed by atoms with Crippen molar-refractivity contribution in [3.63, 3.8) is 0 Å². The molecular formula is C13H13ClO2S. The standard InChI is InChI=1S/C13H13ClO2S/c14-12-5-1-2-6-13(12)16-8-9-17-10-11-4-3-7-15-11/h1-7H,8-10H2. The highest BCUT2D eigenvalue weighted by Gasteiger charge is 2.00. The van der Waals surface area contributed by atoms with Crippen LogP contribution in [0.4, 0.5) is 0 Å². The van der Waals surface area contributed by atoms with Gasteiger partial charge in [0.15, 0.2) is 0 Å². The van der Waals surface area contributed by atoms with E-state index in [4.69, 9.17) is 20.8 Å². The molecule has 0 radical (unpaired) electrons. The second-order valence-corrected chi connectivity index (χ2v) is 4.92. The van der Waals surface area contributed by atoms with Crippen LogP contribution in [-0.4, -0.2) is 12.4 Å². The number of ether oxygens (including phenoxy) is 1. The lowest BCUT2D eigenvalue weighted by atomic mass is 10.3. The summed E-state index contributed by atoms with van der Waals surface area (Å²) in [7, 11) is 0. The number of halogens is 1. The molecule has 2 nitrogen and oxygen atoms in total. The van der Waals surface area contributed by atoms with Crippen LogP contribution in [-0.2, 0) is 5.75 Å². The van der Waals surface area contributed by atoms with E-state index in [-0.39, 0.29) is 0 Å². The molecular weight excluding hydrogens is 256 g/mol. The Kier molecular flexibility index (Phi) is 4.83. The molecule has 2 rings (SSSR count). The summed E-state index contributed by atoms with van der Waals surface area (Å²) in [4.78, 5) is 0. The molecule has 0 N–H and O–H groups in total. The van der Waals surface area contributed by atoms with Crippen molar-refractivity contribution in [2.45, 2.75) is 5.75 Å². The Bertz CT molecular complexity index is 442. The quantitative estimate of drug-likeness (QED) is 0.732. The lowest BCUT2D eigenvalue weighted by molar-refractivity contribution is 0.344. The van der Waals surface area contributed by atoms with Gasteiger partial charge in [0.2, 0.25) is 0 Å². The Labute approximate surface area is 110 Å². The van der Waals surface area contributed by atoms with Crippen LogP contribution in [0.25, 0.3) is 0 Å². The molecule has 0 spiro atoms. The molecule has 0 bridgehead atoms. The van der Waals surface area contributed by atoms with Gasteiger partial charge in [0.05, 0.1) is 23.6 Å². The van der Waals surface area contributed by atoms with Crippen molar-refractivity contribution in [1.29, 1.82) is 0 Å². The molecule has 0 atom stereocenters. The van der Waals surface area contributed by atoms with Gasteiger partial charge in [-0.3, -0.25) is 0 Å². The van der Waals surface area contributed by atoms with E-state index in [1.54, 1.807) is 18.0 Å². The summed E-state index contributed by atoms with van der Waals surface area (Å²) in [5.74, 6) is 3.52. The van der Waals surface area contributed by atoms with Crippen LogP contribution in [0.1, 0.15) is 5.76 Å². The number of rotatable bonds is 6. The van der Waals surface area contributed by atoms with Crippen LogP contribution in [0, 0.1) is 0 Å². The zero-order valence-corrected chi connectivity index (χ0v) is 10.8. The fraction of sp³-hybridized carbons (Fsp3) is 0.231. The Morgan fingerprint density at radius 1 is 1.18 bits per heavy atom. The Morgan fingerprint density at radius 2 is 2.06 bits per heavy atom. The Balaban J connectivity index is 1.65. The summed E-state index contributed by atoms with van der Waals surface area (Å²) in [6, 6.07) is 11.4. The monoisotopic (exact) mass is 268 g/mol. The van der Waals surface area contributed by atoms with Gasteiger partial charge in [0, 0.05) is 5.75 Å². The molecule has 0 amide bonds. The maximum absolute atomic E-state index is 5.97. The number of furan rings is 1. The zero-order valence-electron chi connectivity index (χ0n) is 9.27. The van der Waals surface area contributed by atoms with Gasteiger partial charge in [-0.2, -0.15) is 11.8 Å². The lowest BCUT2D eigenvalue weighted by Gasteiger charge is -2.06. The molecule has 90 valence electrons. The van der Waals surface area contributed by atoms with Crippen LogP contribution in [0.15, 0.2) is 47.1 Å². The normalized spacial score (nSPS) is 10.4. The van der Waals surface area contributed by atoms with Crippen LogP contribution in [0.5, 0.6) is 5.75 Å².